The molecular weight excluding hydrogens is 241 g/mol. The van der Waals surface area contributed by atoms with E-state index < -0.39 is 0 Å². The minimum atomic E-state index is 0.322. The van der Waals surface area contributed by atoms with Crippen molar-refractivity contribution in [2.75, 3.05) is 11.9 Å². The second-order valence-corrected chi connectivity index (χ2v) is 6.54. The van der Waals surface area contributed by atoms with Crippen LogP contribution in [0.5, 0.6) is 0 Å². The third-order valence-electron chi connectivity index (χ3n) is 2.91. The molecule has 1 aliphatic heterocycles. The number of benzene rings is 1. The predicted octanol–water partition coefficient (Wildman–Crippen LogP) is 4.94. The van der Waals surface area contributed by atoms with Crippen LogP contribution in [0.2, 0.25) is 10.0 Å². The van der Waals surface area contributed by atoms with E-state index in [2.05, 4.69) is 26.1 Å². The molecule has 1 aromatic rings. The summed E-state index contributed by atoms with van der Waals surface area (Å²) in [6.07, 6.45) is 1.14. The third kappa shape index (κ3) is 2.46. The molecule has 0 aliphatic carbocycles. The summed E-state index contributed by atoms with van der Waals surface area (Å²) in [4.78, 5) is 0. The molecule has 0 bridgehead atoms. The van der Waals surface area contributed by atoms with E-state index in [-0.39, 0.29) is 0 Å². The summed E-state index contributed by atoms with van der Waals surface area (Å²) < 4.78 is 0. The molecule has 1 N–H and O–H groups in total. The van der Waals surface area contributed by atoms with Crippen molar-refractivity contribution in [1.29, 1.82) is 0 Å². The molecule has 0 spiro atoms. The van der Waals surface area contributed by atoms with E-state index in [1.54, 1.807) is 6.07 Å². The van der Waals surface area contributed by atoms with Gasteiger partial charge in [-0.05, 0) is 29.5 Å². The average molecular weight is 258 g/mol. The Kier molecular flexibility index (Phi) is 3.11. The van der Waals surface area contributed by atoms with E-state index in [0.29, 0.717) is 11.3 Å². The molecule has 1 nitrogen and oxygen atoms in total. The topological polar surface area (TPSA) is 12.0 Å². The standard InChI is InChI=1S/C13H17Cl2N/c1-13(2,3)6-8-7-16-12-10(8)4-9(14)5-11(12)15/h4-5,8,16H,6-7H2,1-3H3. The minimum Gasteiger partial charge on any atom is -0.383 e. The van der Waals surface area contributed by atoms with Gasteiger partial charge in [0.2, 0.25) is 0 Å². The maximum atomic E-state index is 6.16. The van der Waals surface area contributed by atoms with Crippen LogP contribution in [-0.2, 0) is 0 Å². The van der Waals surface area contributed by atoms with E-state index >= 15 is 0 Å². The average Bonchev–Trinajstić information content (AvgIpc) is 2.46. The molecule has 1 aliphatic rings. The van der Waals surface area contributed by atoms with Gasteiger partial charge in [-0.15, -0.1) is 0 Å². The monoisotopic (exact) mass is 257 g/mol. The van der Waals surface area contributed by atoms with Crippen molar-refractivity contribution in [3.05, 3.63) is 27.7 Å². The lowest BCUT2D eigenvalue weighted by molar-refractivity contribution is 0.348. The van der Waals surface area contributed by atoms with Crippen LogP contribution in [0.15, 0.2) is 12.1 Å². The number of nitrogens with one attached hydrogen (secondary N) is 1. The summed E-state index contributed by atoms with van der Waals surface area (Å²) in [7, 11) is 0. The van der Waals surface area contributed by atoms with Gasteiger partial charge in [-0.25, -0.2) is 0 Å². The molecule has 0 fully saturated rings. The van der Waals surface area contributed by atoms with Gasteiger partial charge in [0.1, 0.15) is 0 Å². The second-order valence-electron chi connectivity index (χ2n) is 5.69. The lowest BCUT2D eigenvalue weighted by atomic mass is 9.82. The molecule has 0 saturated heterocycles. The Morgan fingerprint density at radius 1 is 1.31 bits per heavy atom. The fourth-order valence-electron chi connectivity index (χ4n) is 2.36. The zero-order valence-electron chi connectivity index (χ0n) is 9.90. The van der Waals surface area contributed by atoms with E-state index in [9.17, 15) is 0 Å². The Bertz CT molecular complexity index is 407. The van der Waals surface area contributed by atoms with Crippen LogP contribution >= 0.6 is 23.2 Å². The predicted molar refractivity (Wildman–Crippen MR) is 71.8 cm³/mol. The van der Waals surface area contributed by atoms with Crippen LogP contribution in [0.3, 0.4) is 0 Å². The third-order valence-corrected chi connectivity index (χ3v) is 3.43. The van der Waals surface area contributed by atoms with E-state index in [1.807, 2.05) is 6.07 Å². The van der Waals surface area contributed by atoms with Crippen LogP contribution in [0.4, 0.5) is 5.69 Å². The molecule has 2 rings (SSSR count). The quantitative estimate of drug-likeness (QED) is 0.752. The molecule has 0 aromatic heterocycles. The normalized spacial score (nSPS) is 19.4. The molecule has 1 heterocycles. The molecular formula is C13H17Cl2N. The van der Waals surface area contributed by atoms with Crippen molar-refractivity contribution in [2.45, 2.75) is 33.1 Å². The number of rotatable bonds is 1. The fourth-order valence-corrected chi connectivity index (χ4v) is 2.93. The van der Waals surface area contributed by atoms with Gasteiger partial charge < -0.3 is 5.32 Å². The Morgan fingerprint density at radius 3 is 2.62 bits per heavy atom. The van der Waals surface area contributed by atoms with Crippen LogP contribution in [-0.4, -0.2) is 6.54 Å². The first-order valence-electron chi connectivity index (χ1n) is 5.59. The summed E-state index contributed by atoms with van der Waals surface area (Å²) in [5.74, 6) is 0.520. The summed E-state index contributed by atoms with van der Waals surface area (Å²) >= 11 is 12.2. The van der Waals surface area contributed by atoms with Crippen molar-refractivity contribution < 1.29 is 0 Å². The summed E-state index contributed by atoms with van der Waals surface area (Å²) in [6, 6.07) is 3.84. The van der Waals surface area contributed by atoms with E-state index in [4.69, 9.17) is 23.2 Å². The second kappa shape index (κ2) is 4.12. The van der Waals surface area contributed by atoms with Crippen LogP contribution in [0.25, 0.3) is 0 Å². The zero-order valence-corrected chi connectivity index (χ0v) is 11.4. The maximum absolute atomic E-state index is 6.16. The van der Waals surface area contributed by atoms with E-state index in [0.717, 1.165) is 28.7 Å². The summed E-state index contributed by atoms with van der Waals surface area (Å²) in [5.41, 5.74) is 2.66. The first kappa shape index (κ1) is 12.1. The van der Waals surface area contributed by atoms with Gasteiger partial charge in [-0.1, -0.05) is 44.0 Å². The fraction of sp³-hybridized carbons (Fsp3) is 0.538. The first-order chi connectivity index (χ1) is 7.37. The Morgan fingerprint density at radius 2 is 2.00 bits per heavy atom. The van der Waals surface area contributed by atoms with Gasteiger partial charge in [0, 0.05) is 17.5 Å². The van der Waals surface area contributed by atoms with Crippen molar-refractivity contribution >= 4 is 28.9 Å². The smallest absolute Gasteiger partial charge is 0.0655 e. The SMILES string of the molecule is CC(C)(C)CC1CNc2c(Cl)cc(Cl)cc21. The minimum absolute atomic E-state index is 0.322. The number of fused-ring (bicyclic) bond motifs is 1. The number of halogens is 2. The number of hydrogen-bond acceptors (Lipinski definition) is 1. The van der Waals surface area contributed by atoms with Crippen molar-refractivity contribution in [2.24, 2.45) is 5.41 Å². The highest BCUT2D eigenvalue weighted by Gasteiger charge is 2.28. The Hall–Kier alpha value is -0.400. The van der Waals surface area contributed by atoms with Gasteiger partial charge in [-0.2, -0.15) is 0 Å². The molecule has 1 atom stereocenters. The molecule has 88 valence electrons. The summed E-state index contributed by atoms with van der Waals surface area (Å²) in [5, 5.41) is 4.84. The van der Waals surface area contributed by atoms with Crippen LogP contribution < -0.4 is 5.32 Å². The highest BCUT2D eigenvalue weighted by molar-refractivity contribution is 6.36. The molecule has 16 heavy (non-hydrogen) atoms. The molecule has 1 aromatic carbocycles. The zero-order chi connectivity index (χ0) is 11.9. The molecule has 3 heteroatoms. The highest BCUT2D eigenvalue weighted by Crippen LogP contribution is 2.43. The Balaban J connectivity index is 2.32. The molecule has 0 amide bonds. The van der Waals surface area contributed by atoms with Crippen LogP contribution in [0.1, 0.15) is 38.7 Å². The van der Waals surface area contributed by atoms with Gasteiger partial charge >= 0.3 is 0 Å². The van der Waals surface area contributed by atoms with Gasteiger partial charge in [-0.3, -0.25) is 0 Å². The van der Waals surface area contributed by atoms with Gasteiger partial charge in [0.05, 0.1) is 10.7 Å². The highest BCUT2D eigenvalue weighted by atomic mass is 35.5. The lowest BCUT2D eigenvalue weighted by Gasteiger charge is -2.22. The van der Waals surface area contributed by atoms with Crippen molar-refractivity contribution in [3.63, 3.8) is 0 Å². The van der Waals surface area contributed by atoms with Crippen molar-refractivity contribution in [1.82, 2.24) is 0 Å². The first-order valence-corrected chi connectivity index (χ1v) is 6.35. The lowest BCUT2D eigenvalue weighted by Crippen LogP contribution is -2.13. The number of hydrogen-bond donors (Lipinski definition) is 1. The van der Waals surface area contributed by atoms with Crippen molar-refractivity contribution in [3.8, 4) is 0 Å². The van der Waals surface area contributed by atoms with E-state index in [1.165, 1.54) is 5.56 Å². The Labute approximate surface area is 107 Å². The van der Waals surface area contributed by atoms with Crippen LogP contribution in [0, 0.1) is 5.41 Å². The summed E-state index contributed by atoms with van der Waals surface area (Å²) in [6.45, 7) is 7.75. The molecule has 0 saturated carbocycles. The molecule has 0 radical (unpaired) electrons. The number of anilines is 1. The molecule has 1 unspecified atom stereocenters. The van der Waals surface area contributed by atoms with Gasteiger partial charge in [0.25, 0.3) is 0 Å². The largest absolute Gasteiger partial charge is 0.383 e. The maximum Gasteiger partial charge on any atom is 0.0655 e. The van der Waals surface area contributed by atoms with Gasteiger partial charge in [0.15, 0.2) is 0 Å².